The van der Waals surface area contributed by atoms with Crippen molar-refractivity contribution in [3.8, 4) is 0 Å². The number of rotatable bonds is 7. The Bertz CT molecular complexity index is 429. The van der Waals surface area contributed by atoms with Gasteiger partial charge in [-0.2, -0.15) is 0 Å². The van der Waals surface area contributed by atoms with Crippen molar-refractivity contribution in [3.05, 3.63) is 22.0 Å². The van der Waals surface area contributed by atoms with Gasteiger partial charge in [0.15, 0.2) is 5.69 Å². The van der Waals surface area contributed by atoms with Crippen LogP contribution in [0.3, 0.4) is 0 Å². The highest BCUT2D eigenvalue weighted by Gasteiger charge is 2.18. The molecule has 0 atom stereocenters. The van der Waals surface area contributed by atoms with Gasteiger partial charge in [0.2, 0.25) is 0 Å². The number of hydrogen-bond acceptors (Lipinski definition) is 6. The van der Waals surface area contributed by atoms with Gasteiger partial charge in [-0.1, -0.05) is 4.98 Å². The van der Waals surface area contributed by atoms with Crippen molar-refractivity contribution in [2.24, 2.45) is 7.05 Å². The summed E-state index contributed by atoms with van der Waals surface area (Å²) >= 11 is 0. The third-order valence-corrected chi connectivity index (χ3v) is 2.39. The first-order chi connectivity index (χ1) is 8.56. The summed E-state index contributed by atoms with van der Waals surface area (Å²) in [5.74, 6) is -0.686. The number of aromatic nitrogens is 2. The maximum Gasteiger partial charge on any atom is 0.434 e. The fourth-order valence-electron chi connectivity index (χ4n) is 1.35. The van der Waals surface area contributed by atoms with Gasteiger partial charge in [-0.05, 0) is 17.8 Å². The summed E-state index contributed by atoms with van der Waals surface area (Å²) in [4.78, 5) is 24.8. The second-order valence-corrected chi connectivity index (χ2v) is 3.71. The van der Waals surface area contributed by atoms with Crippen LogP contribution >= 0.6 is 0 Å². The highest BCUT2D eigenvalue weighted by molar-refractivity contribution is 5.69. The minimum Gasteiger partial charge on any atom is -0.458 e. The van der Waals surface area contributed by atoms with E-state index in [4.69, 9.17) is 9.84 Å². The van der Waals surface area contributed by atoms with E-state index in [0.717, 1.165) is 0 Å². The average Bonchev–Trinajstić information content (AvgIpc) is 2.68. The molecular formula is C10H15N3O5. The van der Waals surface area contributed by atoms with Crippen LogP contribution in [0, 0.1) is 10.1 Å². The van der Waals surface area contributed by atoms with Gasteiger partial charge in [-0.25, -0.2) is 4.57 Å². The molecule has 0 saturated carbocycles. The van der Waals surface area contributed by atoms with E-state index < -0.39 is 10.9 Å². The molecule has 0 aliphatic heterocycles. The van der Waals surface area contributed by atoms with Crippen LogP contribution in [0.5, 0.6) is 0 Å². The Kier molecular flexibility index (Phi) is 5.25. The van der Waals surface area contributed by atoms with Crippen LogP contribution in [-0.4, -0.2) is 32.2 Å². The van der Waals surface area contributed by atoms with E-state index in [1.165, 1.54) is 17.8 Å². The SMILES string of the molecule is Cn1c(COC(=O)CCCCO)cnc1[N+](=O)[O-]. The summed E-state index contributed by atoms with van der Waals surface area (Å²) in [5.41, 5.74) is 0.456. The van der Waals surface area contributed by atoms with E-state index in [2.05, 4.69) is 4.98 Å². The number of unbranched alkanes of at least 4 members (excludes halogenated alkanes) is 1. The number of imidazole rings is 1. The quantitative estimate of drug-likeness (QED) is 0.330. The van der Waals surface area contributed by atoms with E-state index in [0.29, 0.717) is 18.5 Å². The molecule has 0 aliphatic carbocycles. The Morgan fingerprint density at radius 2 is 2.33 bits per heavy atom. The second-order valence-electron chi connectivity index (χ2n) is 3.71. The average molecular weight is 257 g/mol. The van der Waals surface area contributed by atoms with Gasteiger partial charge in [0.25, 0.3) is 0 Å². The number of aliphatic hydroxyl groups excluding tert-OH is 1. The molecule has 100 valence electrons. The molecule has 1 N–H and O–H groups in total. The molecule has 0 radical (unpaired) electrons. The van der Waals surface area contributed by atoms with Crippen LogP contribution in [0.2, 0.25) is 0 Å². The topological polar surface area (TPSA) is 107 Å². The highest BCUT2D eigenvalue weighted by atomic mass is 16.6. The van der Waals surface area contributed by atoms with Crippen LogP contribution < -0.4 is 0 Å². The van der Waals surface area contributed by atoms with Crippen LogP contribution in [0.15, 0.2) is 6.20 Å². The number of esters is 1. The number of carbonyl (C=O) groups is 1. The first kappa shape index (κ1) is 14.1. The van der Waals surface area contributed by atoms with Gasteiger partial charge < -0.3 is 20.0 Å². The lowest BCUT2D eigenvalue weighted by atomic mass is 10.2. The van der Waals surface area contributed by atoms with Crippen LogP contribution in [0.25, 0.3) is 0 Å². The zero-order valence-electron chi connectivity index (χ0n) is 10.0. The number of ether oxygens (including phenoxy) is 1. The number of carbonyl (C=O) groups excluding carboxylic acids is 1. The fourth-order valence-corrected chi connectivity index (χ4v) is 1.35. The van der Waals surface area contributed by atoms with Crippen molar-refractivity contribution >= 4 is 11.9 Å². The lowest BCUT2D eigenvalue weighted by Crippen LogP contribution is -2.08. The molecule has 0 saturated heterocycles. The number of aliphatic hydroxyl groups is 1. The molecule has 1 aromatic rings. The molecule has 0 aliphatic rings. The Balaban J connectivity index is 2.44. The van der Waals surface area contributed by atoms with E-state index >= 15 is 0 Å². The van der Waals surface area contributed by atoms with Crippen LogP contribution in [-0.2, 0) is 23.2 Å². The molecule has 0 aromatic carbocycles. The number of nitro groups is 1. The monoisotopic (exact) mass is 257 g/mol. The van der Waals surface area contributed by atoms with Crippen LogP contribution in [0.4, 0.5) is 5.95 Å². The highest BCUT2D eigenvalue weighted by Crippen LogP contribution is 2.11. The molecule has 0 spiro atoms. The van der Waals surface area contributed by atoms with Gasteiger partial charge in [0.1, 0.15) is 12.8 Å². The van der Waals surface area contributed by atoms with E-state index in [-0.39, 0.29) is 25.6 Å². The molecule has 0 bridgehead atoms. The summed E-state index contributed by atoms with van der Waals surface area (Å²) in [7, 11) is 1.49. The van der Waals surface area contributed by atoms with Gasteiger partial charge in [-0.3, -0.25) is 4.79 Å². The molecule has 8 heteroatoms. The first-order valence-electron chi connectivity index (χ1n) is 5.47. The molecule has 0 amide bonds. The van der Waals surface area contributed by atoms with Crippen molar-refractivity contribution < 1.29 is 19.6 Å². The number of nitrogens with zero attached hydrogens (tertiary/aromatic N) is 3. The Morgan fingerprint density at radius 3 is 2.89 bits per heavy atom. The van der Waals surface area contributed by atoms with E-state index in [1.54, 1.807) is 0 Å². The second kappa shape index (κ2) is 6.70. The lowest BCUT2D eigenvalue weighted by molar-refractivity contribution is -0.396. The third-order valence-electron chi connectivity index (χ3n) is 2.39. The number of hydrogen-bond donors (Lipinski definition) is 1. The largest absolute Gasteiger partial charge is 0.458 e. The van der Waals surface area contributed by atoms with Crippen molar-refractivity contribution in [2.75, 3.05) is 6.61 Å². The first-order valence-corrected chi connectivity index (χ1v) is 5.47. The van der Waals surface area contributed by atoms with Crippen LogP contribution in [0.1, 0.15) is 25.0 Å². The normalized spacial score (nSPS) is 10.3. The summed E-state index contributed by atoms with van der Waals surface area (Å²) in [6.45, 7) is -0.00347. The summed E-state index contributed by atoms with van der Waals surface area (Å²) in [5, 5.41) is 19.1. The Morgan fingerprint density at radius 1 is 1.61 bits per heavy atom. The van der Waals surface area contributed by atoms with Gasteiger partial charge in [0.05, 0.1) is 7.05 Å². The summed E-state index contributed by atoms with van der Waals surface area (Å²) < 4.78 is 6.21. The molecule has 18 heavy (non-hydrogen) atoms. The third kappa shape index (κ3) is 3.81. The molecule has 1 rings (SSSR count). The molecule has 8 nitrogen and oxygen atoms in total. The van der Waals surface area contributed by atoms with E-state index in [9.17, 15) is 14.9 Å². The predicted molar refractivity (Wildman–Crippen MR) is 60.6 cm³/mol. The van der Waals surface area contributed by atoms with Crippen molar-refractivity contribution in [1.29, 1.82) is 0 Å². The van der Waals surface area contributed by atoms with Gasteiger partial charge in [-0.15, -0.1) is 0 Å². The smallest absolute Gasteiger partial charge is 0.434 e. The van der Waals surface area contributed by atoms with Crippen molar-refractivity contribution in [3.63, 3.8) is 0 Å². The minimum atomic E-state index is -0.605. The zero-order valence-corrected chi connectivity index (χ0v) is 10.0. The van der Waals surface area contributed by atoms with Gasteiger partial charge in [0, 0.05) is 13.0 Å². The lowest BCUT2D eigenvalue weighted by Gasteiger charge is -2.03. The minimum absolute atomic E-state index is 0.0429. The standard InChI is InChI=1S/C10H15N3O5/c1-12-8(6-11-10(12)13(16)17)7-18-9(15)4-2-3-5-14/h6,14H,2-5,7H2,1H3. The Hall–Kier alpha value is -1.96. The molecule has 0 fully saturated rings. The molecular weight excluding hydrogens is 242 g/mol. The van der Waals surface area contributed by atoms with Crippen molar-refractivity contribution in [2.45, 2.75) is 25.9 Å². The summed E-state index contributed by atoms with van der Waals surface area (Å²) in [6, 6.07) is 0. The Labute approximate surface area is 103 Å². The van der Waals surface area contributed by atoms with Gasteiger partial charge >= 0.3 is 11.9 Å². The molecule has 0 unspecified atom stereocenters. The van der Waals surface area contributed by atoms with Crippen molar-refractivity contribution in [1.82, 2.24) is 9.55 Å². The zero-order chi connectivity index (χ0) is 13.5. The predicted octanol–water partition coefficient (Wildman–Crippen LogP) is 0.534. The maximum atomic E-state index is 11.3. The molecule has 1 heterocycles. The fraction of sp³-hybridized carbons (Fsp3) is 0.600. The summed E-state index contributed by atoms with van der Waals surface area (Å²) in [6.07, 6.45) is 2.63. The van der Waals surface area contributed by atoms with E-state index in [1.807, 2.05) is 0 Å². The maximum absolute atomic E-state index is 11.3. The molecule has 1 aromatic heterocycles.